The third-order valence-electron chi connectivity index (χ3n) is 3.18. The smallest absolute Gasteiger partial charge is 0.0457 e. The van der Waals surface area contributed by atoms with Gasteiger partial charge in [0.05, 0.1) is 0 Å². The molecule has 2 aromatic rings. The minimum Gasteiger partial charge on any atom is -0.361 e. The van der Waals surface area contributed by atoms with Crippen LogP contribution in [0, 0.1) is 5.92 Å². The third kappa shape index (κ3) is 2.45. The molecular weight excluding hydrogens is 196 g/mol. The van der Waals surface area contributed by atoms with E-state index < -0.39 is 0 Å². The van der Waals surface area contributed by atoms with Gasteiger partial charge in [0, 0.05) is 23.6 Å². The molecule has 0 radical (unpaired) electrons. The van der Waals surface area contributed by atoms with Crippen molar-refractivity contribution in [1.29, 1.82) is 0 Å². The molecule has 16 heavy (non-hydrogen) atoms. The van der Waals surface area contributed by atoms with Gasteiger partial charge in [-0.15, -0.1) is 0 Å². The van der Waals surface area contributed by atoms with Crippen molar-refractivity contribution in [2.24, 2.45) is 5.92 Å². The van der Waals surface area contributed by atoms with Gasteiger partial charge >= 0.3 is 0 Å². The van der Waals surface area contributed by atoms with Gasteiger partial charge in [-0.3, -0.25) is 0 Å². The summed E-state index contributed by atoms with van der Waals surface area (Å²) in [5, 5.41) is 4.84. The van der Waals surface area contributed by atoms with Crippen molar-refractivity contribution in [1.82, 2.24) is 10.3 Å². The van der Waals surface area contributed by atoms with Crippen LogP contribution in [-0.2, 0) is 6.54 Å². The molecule has 1 atom stereocenters. The number of hydrogen-bond donors (Lipinski definition) is 2. The van der Waals surface area contributed by atoms with Crippen molar-refractivity contribution < 1.29 is 0 Å². The highest BCUT2D eigenvalue weighted by Gasteiger charge is 2.03. The Balaban J connectivity index is 1.99. The molecule has 2 heteroatoms. The quantitative estimate of drug-likeness (QED) is 0.788. The highest BCUT2D eigenvalue weighted by atomic mass is 14.9. The van der Waals surface area contributed by atoms with E-state index in [1.165, 1.54) is 22.9 Å². The zero-order valence-electron chi connectivity index (χ0n) is 10.1. The first-order valence-corrected chi connectivity index (χ1v) is 6.07. The number of hydrogen-bond acceptors (Lipinski definition) is 1. The maximum absolute atomic E-state index is 3.51. The van der Waals surface area contributed by atoms with E-state index in [1.54, 1.807) is 0 Å². The Bertz CT molecular complexity index is 445. The van der Waals surface area contributed by atoms with Gasteiger partial charge in [0.15, 0.2) is 0 Å². The van der Waals surface area contributed by atoms with Gasteiger partial charge in [-0.25, -0.2) is 0 Å². The Morgan fingerprint density at radius 3 is 2.94 bits per heavy atom. The summed E-state index contributed by atoms with van der Waals surface area (Å²) >= 11 is 0. The van der Waals surface area contributed by atoms with Crippen LogP contribution in [0.3, 0.4) is 0 Å². The average Bonchev–Trinajstić information content (AvgIpc) is 2.73. The second kappa shape index (κ2) is 5.17. The van der Waals surface area contributed by atoms with E-state index in [2.05, 4.69) is 54.6 Å². The Morgan fingerprint density at radius 2 is 2.12 bits per heavy atom. The molecule has 0 saturated heterocycles. The number of nitrogens with one attached hydrogen (secondary N) is 2. The summed E-state index contributed by atoms with van der Waals surface area (Å²) in [6, 6.07) is 8.45. The summed E-state index contributed by atoms with van der Waals surface area (Å²) in [6.45, 7) is 6.56. The monoisotopic (exact) mass is 216 g/mol. The molecule has 1 aromatic carbocycles. The fourth-order valence-electron chi connectivity index (χ4n) is 1.88. The number of fused-ring (bicyclic) bond motifs is 1. The third-order valence-corrected chi connectivity index (χ3v) is 3.18. The van der Waals surface area contributed by atoms with E-state index in [0.29, 0.717) is 0 Å². The topological polar surface area (TPSA) is 27.8 Å². The number of H-pyrrole nitrogens is 1. The summed E-state index contributed by atoms with van der Waals surface area (Å²) in [4.78, 5) is 3.30. The lowest BCUT2D eigenvalue weighted by atomic mass is 10.1. The van der Waals surface area contributed by atoms with E-state index in [1.807, 2.05) is 0 Å². The minimum atomic E-state index is 0.755. The van der Waals surface area contributed by atoms with Crippen LogP contribution in [0.1, 0.15) is 25.8 Å². The summed E-state index contributed by atoms with van der Waals surface area (Å²) in [6.07, 6.45) is 3.34. The molecule has 0 amide bonds. The van der Waals surface area contributed by atoms with Crippen molar-refractivity contribution in [2.75, 3.05) is 6.54 Å². The predicted molar refractivity (Wildman–Crippen MR) is 69.5 cm³/mol. The highest BCUT2D eigenvalue weighted by Crippen LogP contribution is 2.17. The second-order valence-corrected chi connectivity index (χ2v) is 4.50. The van der Waals surface area contributed by atoms with Crippen molar-refractivity contribution in [3.63, 3.8) is 0 Å². The molecule has 0 aliphatic heterocycles. The Kier molecular flexibility index (Phi) is 3.62. The van der Waals surface area contributed by atoms with Gasteiger partial charge in [-0.2, -0.15) is 0 Å². The Labute approximate surface area is 97.1 Å². The molecule has 0 aliphatic rings. The summed E-state index contributed by atoms with van der Waals surface area (Å²) in [5.41, 5.74) is 2.58. The molecule has 2 N–H and O–H groups in total. The van der Waals surface area contributed by atoms with Crippen molar-refractivity contribution >= 4 is 10.9 Å². The van der Waals surface area contributed by atoms with Crippen LogP contribution in [0.4, 0.5) is 0 Å². The van der Waals surface area contributed by atoms with E-state index in [0.717, 1.165) is 19.0 Å². The second-order valence-electron chi connectivity index (χ2n) is 4.50. The van der Waals surface area contributed by atoms with Crippen LogP contribution in [0.2, 0.25) is 0 Å². The highest BCUT2D eigenvalue weighted by molar-refractivity contribution is 5.82. The van der Waals surface area contributed by atoms with Crippen LogP contribution >= 0.6 is 0 Å². The number of benzene rings is 1. The molecule has 0 fully saturated rings. The fraction of sp³-hybridized carbons (Fsp3) is 0.429. The molecule has 2 rings (SSSR count). The van der Waals surface area contributed by atoms with Gasteiger partial charge in [0.25, 0.3) is 0 Å². The Hall–Kier alpha value is -1.28. The van der Waals surface area contributed by atoms with Gasteiger partial charge in [0.2, 0.25) is 0 Å². The molecule has 1 heterocycles. The first-order valence-electron chi connectivity index (χ1n) is 6.07. The maximum atomic E-state index is 3.51. The molecule has 86 valence electrons. The molecule has 1 aromatic heterocycles. The van der Waals surface area contributed by atoms with Crippen molar-refractivity contribution in [2.45, 2.75) is 26.8 Å². The van der Waals surface area contributed by atoms with E-state index in [9.17, 15) is 0 Å². The van der Waals surface area contributed by atoms with Crippen molar-refractivity contribution in [3.05, 3.63) is 36.0 Å². The number of aromatic amines is 1. The Morgan fingerprint density at radius 1 is 1.31 bits per heavy atom. The zero-order chi connectivity index (χ0) is 11.4. The molecule has 0 spiro atoms. The number of para-hydroxylation sites is 1. The lowest BCUT2D eigenvalue weighted by Crippen LogP contribution is -2.20. The number of aromatic nitrogens is 1. The lowest BCUT2D eigenvalue weighted by molar-refractivity contribution is 0.500. The fourth-order valence-corrected chi connectivity index (χ4v) is 1.88. The first kappa shape index (κ1) is 11.2. The molecule has 0 aliphatic carbocycles. The van der Waals surface area contributed by atoms with Gasteiger partial charge in [-0.05, 0) is 24.1 Å². The minimum absolute atomic E-state index is 0.755. The van der Waals surface area contributed by atoms with Crippen LogP contribution < -0.4 is 5.32 Å². The average molecular weight is 216 g/mol. The van der Waals surface area contributed by atoms with Crippen LogP contribution in [0.25, 0.3) is 10.9 Å². The van der Waals surface area contributed by atoms with Crippen LogP contribution in [0.15, 0.2) is 30.5 Å². The number of rotatable bonds is 5. The molecular formula is C14H20N2. The summed E-state index contributed by atoms with van der Waals surface area (Å²) < 4.78 is 0. The largest absolute Gasteiger partial charge is 0.361 e. The predicted octanol–water partition coefficient (Wildman–Crippen LogP) is 3.30. The standard InChI is InChI=1S/C14H20N2/c1-3-11(2)8-15-9-12-10-16-14-7-5-4-6-13(12)14/h4-7,10-11,15-16H,3,8-9H2,1-2H3. The zero-order valence-corrected chi connectivity index (χ0v) is 10.1. The van der Waals surface area contributed by atoms with Crippen LogP contribution in [0.5, 0.6) is 0 Å². The molecule has 0 saturated carbocycles. The lowest BCUT2D eigenvalue weighted by Gasteiger charge is -2.09. The van der Waals surface area contributed by atoms with E-state index in [4.69, 9.17) is 0 Å². The summed E-state index contributed by atoms with van der Waals surface area (Å²) in [5.74, 6) is 0.755. The van der Waals surface area contributed by atoms with Gasteiger partial charge in [-0.1, -0.05) is 38.5 Å². The SMILES string of the molecule is CCC(C)CNCc1c[nH]c2ccccc12. The maximum Gasteiger partial charge on any atom is 0.0457 e. The molecule has 0 bridgehead atoms. The van der Waals surface area contributed by atoms with Crippen LogP contribution in [-0.4, -0.2) is 11.5 Å². The van der Waals surface area contributed by atoms with Gasteiger partial charge in [0.1, 0.15) is 0 Å². The first-order chi connectivity index (χ1) is 7.81. The van der Waals surface area contributed by atoms with Crippen molar-refractivity contribution in [3.8, 4) is 0 Å². The summed E-state index contributed by atoms with van der Waals surface area (Å²) in [7, 11) is 0. The van der Waals surface area contributed by atoms with E-state index in [-0.39, 0.29) is 0 Å². The molecule has 1 unspecified atom stereocenters. The normalized spacial score (nSPS) is 13.1. The van der Waals surface area contributed by atoms with Gasteiger partial charge < -0.3 is 10.3 Å². The molecule has 2 nitrogen and oxygen atoms in total. The van der Waals surface area contributed by atoms with E-state index >= 15 is 0 Å².